The highest BCUT2D eigenvalue weighted by Gasteiger charge is 2.35. The Balaban J connectivity index is 1.22. The molecule has 0 spiro atoms. The lowest BCUT2D eigenvalue weighted by molar-refractivity contribution is 0.637. The molecule has 2 nitrogen and oxygen atoms in total. The molecular weight excluding hydrogens is 508 g/mol. The maximum absolute atomic E-state index is 6.16. The molecule has 0 aliphatic heterocycles. The molecule has 1 unspecified atom stereocenters. The van der Waals surface area contributed by atoms with Crippen molar-refractivity contribution in [1.29, 1.82) is 0 Å². The van der Waals surface area contributed by atoms with E-state index in [1.165, 1.54) is 55.6 Å². The van der Waals surface area contributed by atoms with Crippen molar-refractivity contribution in [2.75, 3.05) is 0 Å². The third-order valence-electron chi connectivity index (χ3n) is 8.83. The minimum Gasteiger partial charge on any atom is -0.271 e. The summed E-state index contributed by atoms with van der Waals surface area (Å²) in [6, 6.07) is 52.3. The minimum atomic E-state index is -0.127. The molecular formula is C40H34N2. The molecule has 3 N–H and O–H groups in total. The van der Waals surface area contributed by atoms with Gasteiger partial charge in [0, 0.05) is 5.41 Å². The Morgan fingerprint density at radius 2 is 0.952 bits per heavy atom. The van der Waals surface area contributed by atoms with Gasteiger partial charge in [0.15, 0.2) is 0 Å². The van der Waals surface area contributed by atoms with Gasteiger partial charge in [-0.1, -0.05) is 135 Å². The molecule has 0 saturated heterocycles. The number of hydrogen-bond acceptors (Lipinski definition) is 2. The molecule has 0 radical (unpaired) electrons. The maximum Gasteiger partial charge on any atom is 0.0710 e. The van der Waals surface area contributed by atoms with Crippen LogP contribution in [0, 0.1) is 0 Å². The van der Waals surface area contributed by atoms with Crippen molar-refractivity contribution in [3.63, 3.8) is 0 Å². The zero-order valence-corrected chi connectivity index (χ0v) is 24.0. The van der Waals surface area contributed by atoms with Crippen molar-refractivity contribution < 1.29 is 0 Å². The number of hydrogen-bond donors (Lipinski definition) is 2. The first-order chi connectivity index (χ1) is 20.5. The molecule has 6 aromatic rings. The summed E-state index contributed by atoms with van der Waals surface area (Å²) in [5, 5.41) is 0. The maximum atomic E-state index is 6.16. The van der Waals surface area contributed by atoms with Crippen LogP contribution in [-0.4, -0.2) is 0 Å². The number of fused-ring (bicyclic) bond motifs is 3. The second-order valence-electron chi connectivity index (χ2n) is 11.7. The average molecular weight is 543 g/mol. The number of hydrazine groups is 1. The highest BCUT2D eigenvalue weighted by Crippen LogP contribution is 2.49. The smallest absolute Gasteiger partial charge is 0.0710 e. The Morgan fingerprint density at radius 1 is 0.452 bits per heavy atom. The Kier molecular flexibility index (Phi) is 6.59. The lowest BCUT2D eigenvalue weighted by atomic mass is 9.81. The summed E-state index contributed by atoms with van der Waals surface area (Å²) in [6.45, 7) is 4.67. The van der Waals surface area contributed by atoms with Gasteiger partial charge in [-0.2, -0.15) is 0 Å². The van der Waals surface area contributed by atoms with Crippen LogP contribution in [0.4, 0.5) is 0 Å². The van der Waals surface area contributed by atoms with Crippen LogP contribution in [0.5, 0.6) is 0 Å². The van der Waals surface area contributed by atoms with Crippen LogP contribution in [-0.2, 0) is 5.41 Å². The van der Waals surface area contributed by atoms with E-state index in [4.69, 9.17) is 5.84 Å². The standard InChI is InChI=1S/C40H34N2/c1-40(2)37-20-7-6-19-35(37)36-22-21-32(26-38(36)40)30-15-8-14-29(23-30)31-16-10-18-34(25-31)39(42-41)33-17-9-13-28(24-33)27-11-4-3-5-12-27/h3-26,39,42H,41H2,1-2H3. The normalized spacial score (nSPS) is 13.8. The molecule has 0 amide bonds. The summed E-state index contributed by atoms with van der Waals surface area (Å²) >= 11 is 0. The van der Waals surface area contributed by atoms with E-state index in [2.05, 4.69) is 159 Å². The molecule has 0 fully saturated rings. The fourth-order valence-corrected chi connectivity index (χ4v) is 6.57. The number of nitrogens with one attached hydrogen (secondary N) is 1. The summed E-state index contributed by atoms with van der Waals surface area (Å²) < 4.78 is 0. The summed E-state index contributed by atoms with van der Waals surface area (Å²) in [6.07, 6.45) is 0. The van der Waals surface area contributed by atoms with Crippen molar-refractivity contribution in [3.05, 3.63) is 168 Å². The van der Waals surface area contributed by atoms with Crippen molar-refractivity contribution in [2.24, 2.45) is 5.84 Å². The molecule has 0 heterocycles. The largest absolute Gasteiger partial charge is 0.271 e. The molecule has 0 bridgehead atoms. The van der Waals surface area contributed by atoms with Crippen LogP contribution in [0.3, 0.4) is 0 Å². The Morgan fingerprint density at radius 3 is 1.62 bits per heavy atom. The Hall–Kier alpha value is -4.76. The second kappa shape index (κ2) is 10.6. The second-order valence-corrected chi connectivity index (χ2v) is 11.7. The highest BCUT2D eigenvalue weighted by molar-refractivity contribution is 5.84. The zero-order valence-electron chi connectivity index (χ0n) is 24.0. The van der Waals surface area contributed by atoms with Crippen molar-refractivity contribution in [3.8, 4) is 44.5 Å². The Bertz CT molecular complexity index is 1900. The van der Waals surface area contributed by atoms with Gasteiger partial charge in [-0.3, -0.25) is 5.84 Å². The first kappa shape index (κ1) is 26.2. The van der Waals surface area contributed by atoms with Crippen LogP contribution in [0.25, 0.3) is 44.5 Å². The lowest BCUT2D eigenvalue weighted by Gasteiger charge is -2.22. The SMILES string of the molecule is CC1(C)c2ccccc2-c2ccc(-c3cccc(-c4cccc(C(NN)c5cccc(-c6ccccc6)c5)c4)c3)cc21. The summed E-state index contributed by atoms with van der Waals surface area (Å²) in [5.41, 5.74) is 18.0. The average Bonchev–Trinajstić information content (AvgIpc) is 3.28. The minimum absolute atomic E-state index is 0.0179. The van der Waals surface area contributed by atoms with Crippen molar-refractivity contribution in [2.45, 2.75) is 25.3 Å². The van der Waals surface area contributed by atoms with E-state index in [0.717, 1.165) is 11.1 Å². The predicted octanol–water partition coefficient (Wildman–Crippen LogP) is 9.55. The van der Waals surface area contributed by atoms with Gasteiger partial charge in [0.1, 0.15) is 0 Å². The molecule has 1 aliphatic rings. The Labute approximate surface area is 248 Å². The van der Waals surface area contributed by atoms with E-state index in [-0.39, 0.29) is 11.5 Å². The van der Waals surface area contributed by atoms with Crippen LogP contribution in [0.1, 0.15) is 42.1 Å². The highest BCUT2D eigenvalue weighted by atomic mass is 15.2. The number of benzene rings is 6. The van der Waals surface area contributed by atoms with Crippen LogP contribution in [0.2, 0.25) is 0 Å². The van der Waals surface area contributed by atoms with Gasteiger partial charge in [-0.25, -0.2) is 5.43 Å². The fraction of sp³-hybridized carbons (Fsp3) is 0.100. The molecule has 42 heavy (non-hydrogen) atoms. The quantitative estimate of drug-likeness (QED) is 0.162. The third-order valence-corrected chi connectivity index (χ3v) is 8.83. The number of rotatable bonds is 6. The summed E-state index contributed by atoms with van der Waals surface area (Å²) in [4.78, 5) is 0. The van der Waals surface area contributed by atoms with Gasteiger partial charge in [0.05, 0.1) is 6.04 Å². The van der Waals surface area contributed by atoms with Gasteiger partial charge in [0.2, 0.25) is 0 Å². The van der Waals surface area contributed by atoms with E-state index >= 15 is 0 Å². The monoisotopic (exact) mass is 542 g/mol. The van der Waals surface area contributed by atoms with Crippen LogP contribution in [0.15, 0.2) is 146 Å². The van der Waals surface area contributed by atoms with Crippen LogP contribution >= 0.6 is 0 Å². The first-order valence-corrected chi connectivity index (χ1v) is 14.6. The van der Waals surface area contributed by atoms with E-state index in [9.17, 15) is 0 Å². The zero-order chi connectivity index (χ0) is 28.7. The fourth-order valence-electron chi connectivity index (χ4n) is 6.57. The van der Waals surface area contributed by atoms with Crippen molar-refractivity contribution in [1.82, 2.24) is 5.43 Å². The van der Waals surface area contributed by atoms with Crippen LogP contribution < -0.4 is 11.3 Å². The third kappa shape index (κ3) is 4.55. The van der Waals surface area contributed by atoms with E-state index in [1.54, 1.807) is 0 Å². The molecule has 204 valence electrons. The first-order valence-electron chi connectivity index (χ1n) is 14.6. The van der Waals surface area contributed by atoms with E-state index < -0.39 is 0 Å². The summed E-state index contributed by atoms with van der Waals surface area (Å²) in [5.74, 6) is 6.16. The molecule has 0 aromatic heterocycles. The molecule has 0 saturated carbocycles. The van der Waals surface area contributed by atoms with Gasteiger partial charge >= 0.3 is 0 Å². The van der Waals surface area contributed by atoms with Gasteiger partial charge in [-0.05, 0) is 91.0 Å². The van der Waals surface area contributed by atoms with E-state index in [0.29, 0.717) is 0 Å². The predicted molar refractivity (Wildman–Crippen MR) is 176 cm³/mol. The summed E-state index contributed by atoms with van der Waals surface area (Å²) in [7, 11) is 0. The van der Waals surface area contributed by atoms with Gasteiger partial charge < -0.3 is 0 Å². The molecule has 1 atom stereocenters. The number of nitrogens with two attached hydrogens (primary N) is 1. The lowest BCUT2D eigenvalue weighted by Crippen LogP contribution is -2.28. The molecule has 6 aromatic carbocycles. The van der Waals surface area contributed by atoms with E-state index in [1.807, 2.05) is 6.07 Å². The molecule has 7 rings (SSSR count). The molecule has 2 heteroatoms. The van der Waals surface area contributed by atoms with Gasteiger partial charge in [0.25, 0.3) is 0 Å². The van der Waals surface area contributed by atoms with Gasteiger partial charge in [-0.15, -0.1) is 0 Å². The molecule has 1 aliphatic carbocycles. The topological polar surface area (TPSA) is 38.0 Å². The van der Waals surface area contributed by atoms with Crippen molar-refractivity contribution >= 4 is 0 Å².